The van der Waals surface area contributed by atoms with Crippen LogP contribution in [0.25, 0.3) is 11.1 Å². The first kappa shape index (κ1) is 23.8. The third-order valence-electron chi connectivity index (χ3n) is 7.13. The fourth-order valence-electron chi connectivity index (χ4n) is 5.29. The van der Waals surface area contributed by atoms with Gasteiger partial charge in [-0.25, -0.2) is 4.79 Å². The fraction of sp³-hybridized carbons (Fsp3) is 0.429. The van der Waals surface area contributed by atoms with Crippen LogP contribution in [0.2, 0.25) is 0 Å². The fourth-order valence-corrected chi connectivity index (χ4v) is 5.29. The van der Waals surface area contributed by atoms with Crippen molar-refractivity contribution in [1.29, 1.82) is 0 Å². The summed E-state index contributed by atoms with van der Waals surface area (Å²) in [5, 5.41) is 0. The van der Waals surface area contributed by atoms with E-state index in [4.69, 9.17) is 21.6 Å². The van der Waals surface area contributed by atoms with E-state index in [9.17, 15) is 9.59 Å². The van der Waals surface area contributed by atoms with Crippen LogP contribution < -0.4 is 5.73 Å². The molecular formula is C28H32N2O4. The summed E-state index contributed by atoms with van der Waals surface area (Å²) in [5.41, 5.74) is 11.4. The van der Waals surface area contributed by atoms with Gasteiger partial charge >= 0.3 is 12.1 Å². The van der Waals surface area contributed by atoms with Crippen LogP contribution >= 0.6 is 0 Å². The molecule has 0 radical (unpaired) electrons. The van der Waals surface area contributed by atoms with Crippen LogP contribution in [-0.2, 0) is 20.7 Å². The number of hydrogen-bond acceptors (Lipinski definition) is 5. The number of esters is 1. The van der Waals surface area contributed by atoms with Gasteiger partial charge in [0.05, 0.1) is 13.2 Å². The van der Waals surface area contributed by atoms with Crippen molar-refractivity contribution >= 4 is 12.1 Å². The number of hydrogen-bond donors (Lipinski definition) is 1. The van der Waals surface area contributed by atoms with E-state index in [0.717, 1.165) is 24.8 Å². The number of methoxy groups -OCH3 is 1. The molecule has 178 valence electrons. The van der Waals surface area contributed by atoms with E-state index in [0.29, 0.717) is 12.8 Å². The number of nitrogens with two attached hydrogens (primary N) is 1. The summed E-state index contributed by atoms with van der Waals surface area (Å²) in [6, 6.07) is 15.0. The second-order valence-electron chi connectivity index (χ2n) is 9.26. The van der Waals surface area contributed by atoms with Crippen molar-refractivity contribution < 1.29 is 19.1 Å². The SMILES string of the molecule is C#CC1C[C@H]2[C@@H](OC(=O)C(N)Cc3ccccc3)CCC[C@H]2N1C(=O)OC.Cc1cc2ccc1-2. The highest BCUT2D eigenvalue weighted by atomic mass is 16.6. The van der Waals surface area contributed by atoms with Crippen LogP contribution in [0.1, 0.15) is 36.8 Å². The Balaban J connectivity index is 0.000000328. The van der Waals surface area contributed by atoms with Gasteiger partial charge in [-0.3, -0.25) is 9.69 Å². The van der Waals surface area contributed by atoms with Gasteiger partial charge in [-0.15, -0.1) is 6.42 Å². The molecule has 6 nitrogen and oxygen atoms in total. The topological polar surface area (TPSA) is 81.9 Å². The van der Waals surface area contributed by atoms with Crippen LogP contribution in [0.15, 0.2) is 48.5 Å². The molecule has 1 aromatic rings. The number of aryl methyl sites for hydroxylation is 1. The molecule has 4 aliphatic rings. The molecular weight excluding hydrogens is 428 g/mol. The van der Waals surface area contributed by atoms with Gasteiger partial charge in [0.1, 0.15) is 12.1 Å². The smallest absolute Gasteiger partial charge is 0.410 e. The quantitative estimate of drug-likeness (QED) is 0.469. The molecule has 34 heavy (non-hydrogen) atoms. The maximum absolute atomic E-state index is 12.5. The van der Waals surface area contributed by atoms with Gasteiger partial charge in [-0.05, 0) is 61.3 Å². The van der Waals surface area contributed by atoms with E-state index in [1.807, 2.05) is 30.3 Å². The lowest BCUT2D eigenvalue weighted by molar-refractivity contribution is -0.155. The van der Waals surface area contributed by atoms with E-state index in [-0.39, 0.29) is 24.1 Å². The van der Waals surface area contributed by atoms with Crippen LogP contribution in [0, 0.1) is 25.2 Å². The second kappa shape index (κ2) is 10.3. The molecule has 1 amide bonds. The average molecular weight is 461 g/mol. The molecule has 2 fully saturated rings. The lowest BCUT2D eigenvalue weighted by Crippen LogP contribution is -2.47. The first-order valence-corrected chi connectivity index (χ1v) is 11.9. The van der Waals surface area contributed by atoms with Gasteiger partial charge in [0, 0.05) is 12.0 Å². The maximum Gasteiger partial charge on any atom is 0.410 e. The van der Waals surface area contributed by atoms with E-state index in [1.165, 1.54) is 23.8 Å². The molecule has 0 spiro atoms. The largest absolute Gasteiger partial charge is 0.461 e. The Morgan fingerprint density at radius 1 is 1.21 bits per heavy atom. The molecule has 1 aromatic carbocycles. The minimum atomic E-state index is -0.714. The molecule has 5 rings (SSSR count). The number of nitrogens with zero attached hydrogens (tertiary/aromatic N) is 1. The molecule has 5 atom stereocenters. The Morgan fingerprint density at radius 3 is 2.50 bits per heavy atom. The van der Waals surface area contributed by atoms with Crippen LogP contribution in [0.3, 0.4) is 0 Å². The van der Waals surface area contributed by atoms with Crippen molar-refractivity contribution in [3.05, 3.63) is 59.7 Å². The molecule has 1 saturated heterocycles. The van der Waals surface area contributed by atoms with Crippen molar-refractivity contribution in [2.24, 2.45) is 11.7 Å². The summed E-state index contributed by atoms with van der Waals surface area (Å²) in [6.45, 7) is 2.14. The number of amides is 1. The number of ether oxygens (including phenoxy) is 2. The van der Waals surface area contributed by atoms with Crippen LogP contribution in [0.4, 0.5) is 4.79 Å². The third kappa shape index (κ3) is 4.80. The first-order chi connectivity index (χ1) is 16.4. The van der Waals surface area contributed by atoms with E-state index in [1.54, 1.807) is 4.90 Å². The van der Waals surface area contributed by atoms with E-state index < -0.39 is 18.1 Å². The molecule has 0 aromatic heterocycles. The van der Waals surface area contributed by atoms with Crippen molar-refractivity contribution in [2.45, 2.75) is 63.3 Å². The number of carbonyl (C=O) groups is 2. The third-order valence-corrected chi connectivity index (χ3v) is 7.13. The zero-order chi connectivity index (χ0) is 24.2. The molecule has 1 saturated carbocycles. The van der Waals surface area contributed by atoms with Crippen molar-refractivity contribution in [2.75, 3.05) is 7.11 Å². The van der Waals surface area contributed by atoms with E-state index in [2.05, 4.69) is 31.0 Å². The molecule has 0 bridgehead atoms. The van der Waals surface area contributed by atoms with Crippen molar-refractivity contribution in [3.8, 4) is 23.5 Å². The summed E-state index contributed by atoms with van der Waals surface area (Å²) in [5.74, 6) is 2.29. The highest BCUT2D eigenvalue weighted by Gasteiger charge is 2.49. The lowest BCUT2D eigenvalue weighted by atomic mass is 9.82. The summed E-state index contributed by atoms with van der Waals surface area (Å²) in [4.78, 5) is 26.3. The Bertz CT molecular complexity index is 1080. The molecule has 2 unspecified atom stereocenters. The minimum Gasteiger partial charge on any atom is -0.461 e. The highest BCUT2D eigenvalue weighted by molar-refractivity contribution is 5.80. The van der Waals surface area contributed by atoms with Crippen LogP contribution in [-0.4, -0.2) is 48.3 Å². The summed E-state index contributed by atoms with van der Waals surface area (Å²) in [6.07, 6.45) is 8.43. The van der Waals surface area contributed by atoms with Gasteiger partial charge in [0.15, 0.2) is 0 Å². The van der Waals surface area contributed by atoms with Crippen molar-refractivity contribution in [1.82, 2.24) is 4.90 Å². The molecule has 3 aliphatic carbocycles. The van der Waals surface area contributed by atoms with Gasteiger partial charge in [-0.1, -0.05) is 54.5 Å². The maximum atomic E-state index is 12.5. The van der Waals surface area contributed by atoms with Gasteiger partial charge in [0.2, 0.25) is 0 Å². The minimum absolute atomic E-state index is 0.0202. The summed E-state index contributed by atoms with van der Waals surface area (Å²) < 4.78 is 10.7. The Labute approximate surface area is 201 Å². The lowest BCUT2D eigenvalue weighted by Gasteiger charge is -2.36. The van der Waals surface area contributed by atoms with Gasteiger partial charge < -0.3 is 15.2 Å². The van der Waals surface area contributed by atoms with Crippen LogP contribution in [0.5, 0.6) is 0 Å². The number of terminal acetylenes is 1. The van der Waals surface area contributed by atoms with Crippen molar-refractivity contribution in [3.63, 3.8) is 0 Å². The zero-order valence-electron chi connectivity index (χ0n) is 19.8. The highest BCUT2D eigenvalue weighted by Crippen LogP contribution is 2.41. The first-order valence-electron chi connectivity index (χ1n) is 11.9. The number of carbonyl (C=O) groups excluding carboxylic acids is 2. The number of rotatable bonds is 4. The Kier molecular flexibility index (Phi) is 7.23. The van der Waals surface area contributed by atoms with Gasteiger partial charge in [-0.2, -0.15) is 0 Å². The summed E-state index contributed by atoms with van der Waals surface area (Å²) >= 11 is 0. The number of benzene rings is 2. The normalized spacial score (nSPS) is 24.6. The standard InChI is InChI=1S/C21H26N2O4.C7H6/c1-3-15-13-16-18(23(15)21(25)26-2)10-7-11-19(16)27-20(24)17(22)12-14-8-5-4-6-9-14;1-5-4-6-2-3-7(5)6/h1,4-6,8-9,15-19H,7,10-13,22H2,2H3;2-4H,1H3/t15?,16-,17?,18-,19+;/m1./s1. The second-order valence-corrected chi connectivity index (χ2v) is 9.26. The molecule has 2 N–H and O–H groups in total. The molecule has 6 heteroatoms. The Morgan fingerprint density at radius 2 is 1.97 bits per heavy atom. The summed E-state index contributed by atoms with van der Waals surface area (Å²) in [7, 11) is 1.35. The predicted molar refractivity (Wildman–Crippen MR) is 131 cm³/mol. The predicted octanol–water partition coefficient (Wildman–Crippen LogP) is 4.09. The molecule has 1 aliphatic heterocycles. The number of fused-ring (bicyclic) bond motifs is 2. The zero-order valence-corrected chi connectivity index (χ0v) is 19.8. The number of likely N-dealkylation sites (tertiary alicyclic amines) is 1. The van der Waals surface area contributed by atoms with E-state index >= 15 is 0 Å². The monoisotopic (exact) mass is 460 g/mol. The molecule has 1 heterocycles. The Hall–Kier alpha value is -3.30. The van der Waals surface area contributed by atoms with Gasteiger partial charge in [0.25, 0.3) is 0 Å². The average Bonchev–Trinajstić information content (AvgIpc) is 3.22.